The first-order chi connectivity index (χ1) is 8.79. The number of aryl methyl sites for hydroxylation is 1. The Labute approximate surface area is 116 Å². The van der Waals surface area contributed by atoms with Crippen LogP contribution in [0.1, 0.15) is 44.2 Å². The summed E-state index contributed by atoms with van der Waals surface area (Å²) in [5.74, 6) is 0. The van der Waals surface area contributed by atoms with E-state index >= 15 is 0 Å². The topological polar surface area (TPSA) is 72.2 Å². The van der Waals surface area contributed by atoms with Gasteiger partial charge in [0.2, 0.25) is 10.0 Å². The number of nitrogens with one attached hydrogen (secondary N) is 1. The molecule has 19 heavy (non-hydrogen) atoms. The summed E-state index contributed by atoms with van der Waals surface area (Å²) in [4.78, 5) is 0.316. The lowest BCUT2D eigenvalue weighted by atomic mass is 10.1. The van der Waals surface area contributed by atoms with Crippen LogP contribution in [0, 0.1) is 13.8 Å². The van der Waals surface area contributed by atoms with Gasteiger partial charge in [-0.3, -0.25) is 0 Å². The van der Waals surface area contributed by atoms with Crippen molar-refractivity contribution in [3.05, 3.63) is 23.3 Å². The summed E-state index contributed by atoms with van der Waals surface area (Å²) in [6.45, 7) is 7.52. The number of nitrogens with two attached hydrogens (primary N) is 1. The van der Waals surface area contributed by atoms with E-state index in [0.29, 0.717) is 16.1 Å². The second kappa shape index (κ2) is 6.39. The van der Waals surface area contributed by atoms with Crippen LogP contribution in [0.15, 0.2) is 17.0 Å². The molecule has 0 aliphatic rings. The molecule has 0 amide bonds. The molecule has 0 aliphatic heterocycles. The highest BCUT2D eigenvalue weighted by molar-refractivity contribution is 7.89. The number of nitrogen functional groups attached to an aromatic ring is 1. The minimum absolute atomic E-state index is 0.0646. The van der Waals surface area contributed by atoms with Gasteiger partial charge in [-0.2, -0.15) is 0 Å². The smallest absolute Gasteiger partial charge is 0.241 e. The third-order valence-corrected chi connectivity index (χ3v) is 5.14. The summed E-state index contributed by atoms with van der Waals surface area (Å²) < 4.78 is 27.6. The van der Waals surface area contributed by atoms with Crippen molar-refractivity contribution >= 4 is 15.7 Å². The Morgan fingerprint density at radius 2 is 1.95 bits per heavy atom. The Bertz CT molecular complexity index is 539. The number of sulfonamides is 1. The lowest BCUT2D eigenvalue weighted by molar-refractivity contribution is 0.533. The summed E-state index contributed by atoms with van der Waals surface area (Å²) >= 11 is 0. The van der Waals surface area contributed by atoms with Crippen molar-refractivity contribution in [3.8, 4) is 0 Å². The molecule has 0 aromatic heterocycles. The van der Waals surface area contributed by atoms with Gasteiger partial charge >= 0.3 is 0 Å². The molecule has 1 rings (SSSR count). The fourth-order valence-electron chi connectivity index (χ4n) is 2.15. The summed E-state index contributed by atoms with van der Waals surface area (Å²) in [6, 6.07) is 3.42. The second-order valence-corrected chi connectivity index (χ2v) is 6.74. The molecule has 1 atom stereocenters. The summed E-state index contributed by atoms with van der Waals surface area (Å²) in [5.41, 5.74) is 7.66. The normalized spacial score (nSPS) is 13.5. The van der Waals surface area contributed by atoms with E-state index in [1.54, 1.807) is 26.0 Å². The van der Waals surface area contributed by atoms with Crippen molar-refractivity contribution in [1.29, 1.82) is 0 Å². The Morgan fingerprint density at radius 3 is 2.53 bits per heavy atom. The van der Waals surface area contributed by atoms with Gasteiger partial charge in [-0.1, -0.05) is 25.8 Å². The van der Waals surface area contributed by atoms with Gasteiger partial charge in [0.05, 0.1) is 4.90 Å². The average Bonchev–Trinajstić information content (AvgIpc) is 2.31. The van der Waals surface area contributed by atoms with Crippen LogP contribution in [-0.4, -0.2) is 14.5 Å². The maximum absolute atomic E-state index is 12.4. The van der Waals surface area contributed by atoms with Crippen LogP contribution < -0.4 is 10.5 Å². The molecule has 1 aromatic rings. The first kappa shape index (κ1) is 16.0. The molecular weight excluding hydrogens is 260 g/mol. The molecule has 0 bridgehead atoms. The van der Waals surface area contributed by atoms with Gasteiger partial charge in [0.1, 0.15) is 0 Å². The zero-order chi connectivity index (χ0) is 14.6. The van der Waals surface area contributed by atoms with Crippen LogP contribution in [-0.2, 0) is 10.0 Å². The largest absolute Gasteiger partial charge is 0.398 e. The van der Waals surface area contributed by atoms with Crippen LogP contribution in [0.4, 0.5) is 5.69 Å². The van der Waals surface area contributed by atoms with Crippen LogP contribution in [0.25, 0.3) is 0 Å². The third kappa shape index (κ3) is 3.94. The molecule has 0 saturated carbocycles. The average molecular weight is 284 g/mol. The van der Waals surface area contributed by atoms with E-state index in [1.165, 1.54) is 0 Å². The second-order valence-electron chi connectivity index (χ2n) is 5.09. The SMILES string of the molecule is CCCCC(C)NS(=O)(=O)c1c(C)ccc(N)c1C. The number of anilines is 1. The quantitative estimate of drug-likeness (QED) is 0.789. The molecule has 0 radical (unpaired) electrons. The van der Waals surface area contributed by atoms with E-state index in [-0.39, 0.29) is 6.04 Å². The van der Waals surface area contributed by atoms with E-state index in [2.05, 4.69) is 11.6 Å². The Morgan fingerprint density at radius 1 is 1.32 bits per heavy atom. The standard InChI is InChI=1S/C14H24N2O2S/c1-5-6-7-11(3)16-19(17,18)14-10(2)8-9-13(15)12(14)4/h8-9,11,16H,5-7,15H2,1-4H3. The molecule has 1 aromatic carbocycles. The zero-order valence-corrected chi connectivity index (χ0v) is 13.0. The maximum Gasteiger partial charge on any atom is 0.241 e. The van der Waals surface area contributed by atoms with Gasteiger partial charge in [-0.05, 0) is 44.4 Å². The number of unbranched alkanes of at least 4 members (excludes halogenated alkanes) is 1. The predicted molar refractivity (Wildman–Crippen MR) is 79.6 cm³/mol. The molecule has 1 unspecified atom stereocenters. The van der Waals surface area contributed by atoms with Crippen molar-refractivity contribution in [3.63, 3.8) is 0 Å². The molecule has 3 N–H and O–H groups in total. The number of benzene rings is 1. The first-order valence-electron chi connectivity index (χ1n) is 6.67. The molecule has 0 spiro atoms. The van der Waals surface area contributed by atoms with Crippen molar-refractivity contribution in [2.75, 3.05) is 5.73 Å². The minimum Gasteiger partial charge on any atom is -0.398 e. The monoisotopic (exact) mass is 284 g/mol. The van der Waals surface area contributed by atoms with Crippen LogP contribution in [0.5, 0.6) is 0 Å². The Hall–Kier alpha value is -1.07. The molecule has 0 fully saturated rings. The number of hydrogen-bond acceptors (Lipinski definition) is 3. The van der Waals surface area contributed by atoms with E-state index in [0.717, 1.165) is 24.8 Å². The van der Waals surface area contributed by atoms with Gasteiger partial charge < -0.3 is 5.73 Å². The molecular formula is C14H24N2O2S. The highest BCUT2D eigenvalue weighted by Crippen LogP contribution is 2.25. The molecule has 0 aliphatic carbocycles. The lowest BCUT2D eigenvalue weighted by Crippen LogP contribution is -2.33. The van der Waals surface area contributed by atoms with Crippen molar-refractivity contribution in [1.82, 2.24) is 4.72 Å². The van der Waals surface area contributed by atoms with Crippen LogP contribution >= 0.6 is 0 Å². The molecule has 0 saturated heterocycles. The Balaban J connectivity index is 3.04. The van der Waals surface area contributed by atoms with Gasteiger partial charge in [-0.25, -0.2) is 13.1 Å². The number of rotatable bonds is 6. The molecule has 108 valence electrons. The summed E-state index contributed by atoms with van der Waals surface area (Å²) in [5, 5.41) is 0. The maximum atomic E-state index is 12.4. The first-order valence-corrected chi connectivity index (χ1v) is 8.16. The van der Waals surface area contributed by atoms with E-state index in [9.17, 15) is 8.42 Å². The molecule has 4 nitrogen and oxygen atoms in total. The van der Waals surface area contributed by atoms with E-state index in [4.69, 9.17) is 5.73 Å². The van der Waals surface area contributed by atoms with Gasteiger partial charge in [0, 0.05) is 11.7 Å². The molecule has 5 heteroatoms. The van der Waals surface area contributed by atoms with Crippen LogP contribution in [0.3, 0.4) is 0 Å². The third-order valence-electron chi connectivity index (χ3n) is 3.26. The summed E-state index contributed by atoms with van der Waals surface area (Å²) in [7, 11) is -3.50. The Kier molecular flexibility index (Phi) is 5.38. The fourth-order valence-corrected chi connectivity index (χ4v) is 3.93. The highest BCUT2D eigenvalue weighted by atomic mass is 32.2. The van der Waals surface area contributed by atoms with Crippen molar-refractivity contribution < 1.29 is 8.42 Å². The van der Waals surface area contributed by atoms with Crippen molar-refractivity contribution in [2.24, 2.45) is 0 Å². The highest BCUT2D eigenvalue weighted by Gasteiger charge is 2.22. The lowest BCUT2D eigenvalue weighted by Gasteiger charge is -2.17. The summed E-state index contributed by atoms with van der Waals surface area (Å²) in [6.07, 6.45) is 2.91. The molecule has 0 heterocycles. The van der Waals surface area contributed by atoms with Gasteiger partial charge in [0.15, 0.2) is 0 Å². The zero-order valence-electron chi connectivity index (χ0n) is 12.2. The van der Waals surface area contributed by atoms with Gasteiger partial charge in [-0.15, -0.1) is 0 Å². The predicted octanol–water partition coefficient (Wildman–Crippen LogP) is 2.74. The van der Waals surface area contributed by atoms with Gasteiger partial charge in [0.25, 0.3) is 0 Å². The van der Waals surface area contributed by atoms with E-state index < -0.39 is 10.0 Å². The van der Waals surface area contributed by atoms with E-state index in [1.807, 2.05) is 6.92 Å². The number of hydrogen-bond donors (Lipinski definition) is 2. The fraction of sp³-hybridized carbons (Fsp3) is 0.571. The minimum atomic E-state index is -3.50. The van der Waals surface area contributed by atoms with Crippen molar-refractivity contribution in [2.45, 2.75) is 57.9 Å². The van der Waals surface area contributed by atoms with Crippen LogP contribution in [0.2, 0.25) is 0 Å².